The highest BCUT2D eigenvalue weighted by Gasteiger charge is 2.20. The number of rotatable bonds is 11. The van der Waals surface area contributed by atoms with Crippen molar-refractivity contribution < 1.29 is 23.7 Å². The minimum absolute atomic E-state index is 0.330. The second-order valence-corrected chi connectivity index (χ2v) is 7.16. The van der Waals surface area contributed by atoms with Gasteiger partial charge in [0.15, 0.2) is 6.10 Å². The third kappa shape index (κ3) is 6.11. The van der Waals surface area contributed by atoms with Crippen molar-refractivity contribution in [2.24, 2.45) is 0 Å². The number of carbonyl (C=O) groups is 1. The van der Waals surface area contributed by atoms with E-state index in [0.717, 1.165) is 33.4 Å². The van der Waals surface area contributed by atoms with Gasteiger partial charge in [0.25, 0.3) is 0 Å². The van der Waals surface area contributed by atoms with Gasteiger partial charge in [-0.3, -0.25) is 0 Å². The molecule has 0 amide bonds. The SMILES string of the molecule is CCOC(=O)[C@H](Cc1ccc(OC/C=C/c2c(OC)ccc3ccccc23)cc1)OCC. The van der Waals surface area contributed by atoms with Gasteiger partial charge in [0.1, 0.15) is 18.1 Å². The standard InChI is InChI=1S/C27H30O5/c1-4-30-26(27(28)31-5-2)19-20-12-15-22(16-13-20)32-18-8-11-24-23-10-7-6-9-21(23)14-17-25(24)29-3/h6-17,26H,4-5,18-19H2,1-3H3/b11-8+/t26-/m0/s1. The van der Waals surface area contributed by atoms with E-state index in [1.807, 2.05) is 61.5 Å². The van der Waals surface area contributed by atoms with Gasteiger partial charge in [0, 0.05) is 18.6 Å². The van der Waals surface area contributed by atoms with Gasteiger partial charge < -0.3 is 18.9 Å². The quantitative estimate of drug-likeness (QED) is 0.376. The molecule has 0 saturated carbocycles. The van der Waals surface area contributed by atoms with E-state index in [1.54, 1.807) is 14.0 Å². The van der Waals surface area contributed by atoms with E-state index in [2.05, 4.69) is 18.2 Å². The van der Waals surface area contributed by atoms with Crippen molar-refractivity contribution in [1.82, 2.24) is 0 Å². The smallest absolute Gasteiger partial charge is 0.335 e. The normalized spacial score (nSPS) is 12.1. The molecule has 0 N–H and O–H groups in total. The van der Waals surface area contributed by atoms with Gasteiger partial charge >= 0.3 is 5.97 Å². The minimum Gasteiger partial charge on any atom is -0.496 e. The van der Waals surface area contributed by atoms with Crippen LogP contribution in [0.3, 0.4) is 0 Å². The van der Waals surface area contributed by atoms with Crippen molar-refractivity contribution >= 4 is 22.8 Å². The van der Waals surface area contributed by atoms with Gasteiger partial charge in [-0.25, -0.2) is 4.79 Å². The Morgan fingerprint density at radius 3 is 2.47 bits per heavy atom. The first-order chi connectivity index (χ1) is 15.7. The number of carbonyl (C=O) groups excluding carboxylic acids is 1. The Labute approximate surface area is 189 Å². The lowest BCUT2D eigenvalue weighted by Crippen LogP contribution is -2.28. The summed E-state index contributed by atoms with van der Waals surface area (Å²) >= 11 is 0. The Hall–Kier alpha value is -3.31. The van der Waals surface area contributed by atoms with Crippen molar-refractivity contribution in [3.8, 4) is 11.5 Å². The number of ether oxygens (including phenoxy) is 4. The third-order valence-corrected chi connectivity index (χ3v) is 5.04. The van der Waals surface area contributed by atoms with E-state index in [1.165, 1.54) is 0 Å². The summed E-state index contributed by atoms with van der Waals surface area (Å²) in [5, 5.41) is 2.30. The molecule has 1 atom stereocenters. The number of methoxy groups -OCH3 is 1. The molecule has 0 radical (unpaired) electrons. The van der Waals surface area contributed by atoms with Gasteiger partial charge in [-0.2, -0.15) is 0 Å². The molecular weight excluding hydrogens is 404 g/mol. The highest BCUT2D eigenvalue weighted by atomic mass is 16.6. The highest BCUT2D eigenvalue weighted by molar-refractivity contribution is 5.93. The lowest BCUT2D eigenvalue weighted by atomic mass is 10.0. The lowest BCUT2D eigenvalue weighted by Gasteiger charge is -2.15. The predicted octanol–water partition coefficient (Wildman–Crippen LogP) is 5.45. The molecule has 32 heavy (non-hydrogen) atoms. The summed E-state index contributed by atoms with van der Waals surface area (Å²) in [6.07, 6.45) is 3.88. The van der Waals surface area contributed by atoms with Gasteiger partial charge in [-0.1, -0.05) is 48.5 Å². The van der Waals surface area contributed by atoms with Crippen LogP contribution in [-0.4, -0.2) is 39.0 Å². The second-order valence-electron chi connectivity index (χ2n) is 7.16. The number of hydrogen-bond donors (Lipinski definition) is 0. The van der Waals surface area contributed by atoms with Gasteiger partial charge in [0.2, 0.25) is 0 Å². The Bertz CT molecular complexity index is 1040. The van der Waals surface area contributed by atoms with Crippen LogP contribution >= 0.6 is 0 Å². The van der Waals surface area contributed by atoms with E-state index in [9.17, 15) is 4.79 Å². The van der Waals surface area contributed by atoms with E-state index >= 15 is 0 Å². The largest absolute Gasteiger partial charge is 0.496 e. The van der Waals surface area contributed by atoms with Crippen LogP contribution in [0.2, 0.25) is 0 Å². The van der Waals surface area contributed by atoms with Crippen LogP contribution in [0.5, 0.6) is 11.5 Å². The number of benzene rings is 3. The number of hydrogen-bond acceptors (Lipinski definition) is 5. The topological polar surface area (TPSA) is 54.0 Å². The van der Waals surface area contributed by atoms with E-state index in [0.29, 0.717) is 26.2 Å². The Balaban J connectivity index is 1.61. The number of fused-ring (bicyclic) bond motifs is 1. The molecule has 0 aliphatic carbocycles. The van der Waals surface area contributed by atoms with Crippen molar-refractivity contribution in [3.63, 3.8) is 0 Å². The van der Waals surface area contributed by atoms with Crippen molar-refractivity contribution in [2.45, 2.75) is 26.4 Å². The van der Waals surface area contributed by atoms with Crippen LogP contribution < -0.4 is 9.47 Å². The monoisotopic (exact) mass is 434 g/mol. The van der Waals surface area contributed by atoms with Crippen LogP contribution in [0.1, 0.15) is 25.0 Å². The van der Waals surface area contributed by atoms with Crippen LogP contribution in [0.15, 0.2) is 66.7 Å². The maximum atomic E-state index is 12.0. The van der Waals surface area contributed by atoms with Crippen LogP contribution in [0, 0.1) is 0 Å². The highest BCUT2D eigenvalue weighted by Crippen LogP contribution is 2.29. The molecule has 0 spiro atoms. The van der Waals surface area contributed by atoms with Crippen LogP contribution in [0.4, 0.5) is 0 Å². The molecule has 0 saturated heterocycles. The lowest BCUT2D eigenvalue weighted by molar-refractivity contribution is -0.156. The first kappa shape index (κ1) is 23.4. The predicted molar refractivity (Wildman–Crippen MR) is 127 cm³/mol. The maximum Gasteiger partial charge on any atom is 0.335 e. The molecule has 0 fully saturated rings. The molecule has 5 heteroatoms. The number of esters is 1. The molecule has 0 aliphatic rings. The fraction of sp³-hybridized carbons (Fsp3) is 0.296. The molecule has 3 aromatic rings. The summed E-state index contributed by atoms with van der Waals surface area (Å²) in [5.41, 5.74) is 2.02. The zero-order chi connectivity index (χ0) is 22.8. The van der Waals surface area contributed by atoms with E-state index < -0.39 is 6.10 Å². The van der Waals surface area contributed by atoms with Gasteiger partial charge in [0.05, 0.1) is 13.7 Å². The average Bonchev–Trinajstić information content (AvgIpc) is 2.82. The van der Waals surface area contributed by atoms with Crippen LogP contribution in [0.25, 0.3) is 16.8 Å². The summed E-state index contributed by atoms with van der Waals surface area (Å²) in [6, 6.07) is 19.9. The summed E-state index contributed by atoms with van der Waals surface area (Å²) in [6.45, 7) is 4.88. The van der Waals surface area contributed by atoms with E-state index in [4.69, 9.17) is 18.9 Å². The zero-order valence-electron chi connectivity index (χ0n) is 18.9. The van der Waals surface area contributed by atoms with Crippen molar-refractivity contribution in [3.05, 3.63) is 77.9 Å². The summed E-state index contributed by atoms with van der Waals surface area (Å²) < 4.78 is 22.0. The molecule has 0 heterocycles. The zero-order valence-corrected chi connectivity index (χ0v) is 18.9. The first-order valence-electron chi connectivity index (χ1n) is 10.9. The maximum absolute atomic E-state index is 12.0. The first-order valence-corrected chi connectivity index (χ1v) is 10.9. The minimum atomic E-state index is -0.592. The van der Waals surface area contributed by atoms with E-state index in [-0.39, 0.29) is 5.97 Å². The third-order valence-electron chi connectivity index (χ3n) is 5.04. The summed E-state index contributed by atoms with van der Waals surface area (Å²) in [7, 11) is 1.68. The Morgan fingerprint density at radius 2 is 1.75 bits per heavy atom. The fourth-order valence-electron chi connectivity index (χ4n) is 3.52. The summed E-state index contributed by atoms with van der Waals surface area (Å²) in [4.78, 5) is 12.0. The molecule has 0 aromatic heterocycles. The van der Waals surface area contributed by atoms with Gasteiger partial charge in [-0.05, 0) is 54.5 Å². The van der Waals surface area contributed by atoms with Crippen LogP contribution in [-0.2, 0) is 20.7 Å². The molecule has 0 aliphatic heterocycles. The molecular formula is C27H30O5. The van der Waals surface area contributed by atoms with Gasteiger partial charge in [-0.15, -0.1) is 0 Å². The van der Waals surface area contributed by atoms with Crippen molar-refractivity contribution in [1.29, 1.82) is 0 Å². The molecule has 0 unspecified atom stereocenters. The van der Waals surface area contributed by atoms with Crippen molar-refractivity contribution in [2.75, 3.05) is 26.9 Å². The molecule has 5 nitrogen and oxygen atoms in total. The second kappa shape index (κ2) is 11.9. The molecule has 0 bridgehead atoms. The average molecular weight is 435 g/mol. The molecule has 3 aromatic carbocycles. The fourth-order valence-corrected chi connectivity index (χ4v) is 3.52. The Kier molecular flexibility index (Phi) is 8.70. The Morgan fingerprint density at radius 1 is 0.969 bits per heavy atom. The molecule has 168 valence electrons. The summed E-state index contributed by atoms with van der Waals surface area (Å²) in [5.74, 6) is 1.26. The molecule has 3 rings (SSSR count).